The van der Waals surface area contributed by atoms with Crippen LogP contribution in [0.3, 0.4) is 0 Å². The van der Waals surface area contributed by atoms with Crippen LogP contribution in [-0.4, -0.2) is 34.8 Å². The summed E-state index contributed by atoms with van der Waals surface area (Å²) in [5.41, 5.74) is 0.812. The first-order valence-electron chi connectivity index (χ1n) is 6.12. The minimum atomic E-state index is -0.412. The zero-order valence-electron chi connectivity index (χ0n) is 11.3. The molecule has 0 aliphatic heterocycles. The molecule has 6 heteroatoms. The maximum Gasteiger partial charge on any atom is 0.338 e. The normalized spacial score (nSPS) is 13.4. The second-order valence-electron chi connectivity index (χ2n) is 4.34. The zero-order valence-corrected chi connectivity index (χ0v) is 14.4. The fourth-order valence-corrected chi connectivity index (χ4v) is 1.55. The van der Waals surface area contributed by atoms with Gasteiger partial charge in [0.2, 0.25) is 0 Å². The molecular formula is C14H16Br2O4. The van der Waals surface area contributed by atoms with Crippen molar-refractivity contribution in [1.82, 2.24) is 0 Å². The van der Waals surface area contributed by atoms with Gasteiger partial charge in [-0.1, -0.05) is 31.9 Å². The topological polar surface area (TPSA) is 52.6 Å². The molecule has 4 nitrogen and oxygen atoms in total. The molecule has 0 heterocycles. The van der Waals surface area contributed by atoms with Gasteiger partial charge in [0.25, 0.3) is 0 Å². The lowest BCUT2D eigenvalue weighted by molar-refractivity contribution is 0.0497. The molecule has 0 aromatic heterocycles. The molecule has 0 bridgehead atoms. The van der Waals surface area contributed by atoms with E-state index in [0.29, 0.717) is 24.3 Å². The highest BCUT2D eigenvalue weighted by Gasteiger charge is 2.12. The molecular weight excluding hydrogens is 392 g/mol. The Balaban J connectivity index is 2.59. The quantitative estimate of drug-likeness (QED) is 0.534. The third kappa shape index (κ3) is 6.05. The molecule has 1 aromatic carbocycles. The SMILES string of the molecule is CC(Br)COC(=O)c1ccc(C(=O)OCC(C)Br)cc1. The van der Waals surface area contributed by atoms with Crippen LogP contribution in [0.1, 0.15) is 34.6 Å². The van der Waals surface area contributed by atoms with Gasteiger partial charge in [-0.2, -0.15) is 0 Å². The summed E-state index contributed by atoms with van der Waals surface area (Å²) in [6.45, 7) is 4.37. The number of ether oxygens (including phenoxy) is 2. The van der Waals surface area contributed by atoms with Gasteiger partial charge in [0.15, 0.2) is 0 Å². The first-order valence-corrected chi connectivity index (χ1v) is 7.95. The van der Waals surface area contributed by atoms with Crippen LogP contribution in [0.15, 0.2) is 24.3 Å². The van der Waals surface area contributed by atoms with E-state index in [1.807, 2.05) is 13.8 Å². The summed E-state index contributed by atoms with van der Waals surface area (Å²) in [6.07, 6.45) is 0. The molecule has 0 amide bonds. The molecule has 2 atom stereocenters. The van der Waals surface area contributed by atoms with Crippen LogP contribution in [0.4, 0.5) is 0 Å². The number of carbonyl (C=O) groups is 2. The van der Waals surface area contributed by atoms with Crippen LogP contribution in [0.2, 0.25) is 0 Å². The summed E-state index contributed by atoms with van der Waals surface area (Å²) in [4.78, 5) is 23.6. The number of hydrogen-bond donors (Lipinski definition) is 0. The van der Waals surface area contributed by atoms with E-state index >= 15 is 0 Å². The van der Waals surface area contributed by atoms with Gasteiger partial charge in [-0.3, -0.25) is 0 Å². The summed E-state index contributed by atoms with van der Waals surface area (Å²) < 4.78 is 10.1. The van der Waals surface area contributed by atoms with E-state index < -0.39 is 11.9 Å². The van der Waals surface area contributed by atoms with Crippen molar-refractivity contribution >= 4 is 43.8 Å². The molecule has 0 aliphatic carbocycles. The van der Waals surface area contributed by atoms with Gasteiger partial charge < -0.3 is 9.47 Å². The van der Waals surface area contributed by atoms with Gasteiger partial charge in [0, 0.05) is 9.65 Å². The fourth-order valence-electron chi connectivity index (χ4n) is 1.29. The average molecular weight is 408 g/mol. The van der Waals surface area contributed by atoms with Crippen molar-refractivity contribution in [2.75, 3.05) is 13.2 Å². The van der Waals surface area contributed by atoms with Crippen molar-refractivity contribution < 1.29 is 19.1 Å². The van der Waals surface area contributed by atoms with Crippen LogP contribution < -0.4 is 0 Å². The number of rotatable bonds is 6. The third-order valence-corrected chi connectivity index (χ3v) is 2.77. The second kappa shape index (κ2) is 8.42. The highest BCUT2D eigenvalue weighted by molar-refractivity contribution is 9.09. The molecule has 110 valence electrons. The Labute approximate surface area is 135 Å². The Bertz CT molecular complexity index is 412. The minimum absolute atomic E-state index is 0.104. The van der Waals surface area contributed by atoms with Gasteiger partial charge >= 0.3 is 11.9 Å². The maximum atomic E-state index is 11.7. The van der Waals surface area contributed by atoms with Crippen LogP contribution in [0.5, 0.6) is 0 Å². The molecule has 0 saturated heterocycles. The van der Waals surface area contributed by atoms with Crippen LogP contribution in [0.25, 0.3) is 0 Å². The largest absolute Gasteiger partial charge is 0.461 e. The predicted octanol–water partition coefficient (Wildman–Crippen LogP) is 3.57. The monoisotopic (exact) mass is 406 g/mol. The molecule has 0 N–H and O–H groups in total. The Morgan fingerprint density at radius 2 is 1.20 bits per heavy atom. The molecule has 0 saturated carbocycles. The third-order valence-electron chi connectivity index (χ3n) is 2.24. The number of halogens is 2. The van der Waals surface area contributed by atoms with Crippen molar-refractivity contribution in [1.29, 1.82) is 0 Å². The van der Waals surface area contributed by atoms with E-state index in [0.717, 1.165) is 0 Å². The number of benzene rings is 1. The first kappa shape index (κ1) is 17.2. The molecule has 1 rings (SSSR count). The van der Waals surface area contributed by atoms with Crippen molar-refractivity contribution in [2.45, 2.75) is 23.5 Å². The highest BCUT2D eigenvalue weighted by atomic mass is 79.9. The number of alkyl halides is 2. The van der Waals surface area contributed by atoms with E-state index in [9.17, 15) is 9.59 Å². The van der Waals surface area contributed by atoms with Crippen LogP contribution >= 0.6 is 31.9 Å². The standard InChI is InChI=1S/C14H16Br2O4/c1-9(15)7-19-13(17)11-3-5-12(6-4-11)14(18)20-8-10(2)16/h3-6,9-10H,7-8H2,1-2H3. The van der Waals surface area contributed by atoms with Crippen LogP contribution in [0, 0.1) is 0 Å². The number of carbonyl (C=O) groups excluding carboxylic acids is 2. The molecule has 20 heavy (non-hydrogen) atoms. The van der Waals surface area contributed by atoms with Gasteiger partial charge in [-0.15, -0.1) is 0 Å². The summed E-state index contributed by atoms with van der Waals surface area (Å²) in [7, 11) is 0. The molecule has 0 spiro atoms. The van der Waals surface area contributed by atoms with Gasteiger partial charge in [0.05, 0.1) is 11.1 Å². The van der Waals surface area contributed by atoms with E-state index in [4.69, 9.17) is 9.47 Å². The van der Waals surface area contributed by atoms with Gasteiger partial charge in [0.1, 0.15) is 13.2 Å². The summed E-state index contributed by atoms with van der Waals surface area (Å²) in [6, 6.07) is 6.20. The molecule has 0 aliphatic rings. The fraction of sp³-hybridized carbons (Fsp3) is 0.429. The van der Waals surface area contributed by atoms with Crippen molar-refractivity contribution in [3.05, 3.63) is 35.4 Å². The van der Waals surface area contributed by atoms with Gasteiger partial charge in [-0.25, -0.2) is 9.59 Å². The smallest absolute Gasteiger partial charge is 0.338 e. The van der Waals surface area contributed by atoms with Crippen molar-refractivity contribution in [2.24, 2.45) is 0 Å². The Morgan fingerprint density at radius 3 is 1.45 bits per heavy atom. The lowest BCUT2D eigenvalue weighted by Gasteiger charge is -2.08. The molecule has 1 aromatic rings. The number of esters is 2. The van der Waals surface area contributed by atoms with E-state index in [-0.39, 0.29) is 9.65 Å². The summed E-state index contributed by atoms with van der Waals surface area (Å²) in [5, 5.41) is 0. The summed E-state index contributed by atoms with van der Waals surface area (Å²) >= 11 is 6.59. The Morgan fingerprint density at radius 1 is 0.900 bits per heavy atom. The molecule has 2 unspecified atom stereocenters. The van der Waals surface area contributed by atoms with E-state index in [2.05, 4.69) is 31.9 Å². The van der Waals surface area contributed by atoms with Crippen molar-refractivity contribution in [3.8, 4) is 0 Å². The Hall–Kier alpha value is -0.880. The van der Waals surface area contributed by atoms with Crippen molar-refractivity contribution in [3.63, 3.8) is 0 Å². The maximum absolute atomic E-state index is 11.7. The van der Waals surface area contributed by atoms with E-state index in [1.165, 1.54) is 0 Å². The minimum Gasteiger partial charge on any atom is -0.461 e. The molecule has 0 radical (unpaired) electrons. The van der Waals surface area contributed by atoms with Gasteiger partial charge in [-0.05, 0) is 38.1 Å². The number of hydrogen-bond acceptors (Lipinski definition) is 4. The average Bonchev–Trinajstić information content (AvgIpc) is 2.42. The Kier molecular flexibility index (Phi) is 7.23. The summed E-state index contributed by atoms with van der Waals surface area (Å²) in [5.74, 6) is -0.824. The predicted molar refractivity (Wildman–Crippen MR) is 83.8 cm³/mol. The lowest BCUT2D eigenvalue weighted by atomic mass is 10.1. The molecule has 0 fully saturated rings. The zero-order chi connectivity index (χ0) is 15.1. The first-order chi connectivity index (χ1) is 9.40. The van der Waals surface area contributed by atoms with E-state index in [1.54, 1.807) is 24.3 Å². The lowest BCUT2D eigenvalue weighted by Crippen LogP contribution is -2.13. The highest BCUT2D eigenvalue weighted by Crippen LogP contribution is 2.09. The van der Waals surface area contributed by atoms with Crippen LogP contribution in [-0.2, 0) is 9.47 Å². The second-order valence-corrected chi connectivity index (χ2v) is 7.46.